The molecule has 0 heterocycles. The van der Waals surface area contributed by atoms with Crippen molar-refractivity contribution in [2.45, 2.75) is 0 Å². The normalized spacial score (nSPS) is 8.50. The van der Waals surface area contributed by atoms with Gasteiger partial charge in [0.25, 0.3) is 0 Å². The standard InChI is InChI=1S/C2H7N3O/c1-5(3)4-2-6/h2H,3H2,1H3,(H,4,6). The van der Waals surface area contributed by atoms with Gasteiger partial charge in [-0.05, 0) is 0 Å². The first kappa shape index (κ1) is 5.39. The SMILES string of the molecule is CN(N)NC=O. The van der Waals surface area contributed by atoms with E-state index in [0.717, 1.165) is 5.12 Å². The molecule has 0 unspecified atom stereocenters. The average molecular weight is 89.1 g/mol. The molecule has 4 heteroatoms. The molecule has 0 fully saturated rings. The lowest BCUT2D eigenvalue weighted by Crippen LogP contribution is -2.38. The maximum Gasteiger partial charge on any atom is 0.222 e. The van der Waals surface area contributed by atoms with Crippen LogP contribution in [-0.2, 0) is 4.79 Å². The summed E-state index contributed by atoms with van der Waals surface area (Å²) in [6, 6.07) is 0. The van der Waals surface area contributed by atoms with Gasteiger partial charge in [-0.1, -0.05) is 0 Å². The number of nitrogens with two attached hydrogens (primary N) is 1. The highest BCUT2D eigenvalue weighted by Gasteiger charge is 1.74. The van der Waals surface area contributed by atoms with Gasteiger partial charge in [0.05, 0.1) is 0 Å². The quantitative estimate of drug-likeness (QED) is 0.245. The molecule has 36 valence electrons. The lowest BCUT2D eigenvalue weighted by Gasteiger charge is -2.02. The molecular formula is C2H7N3O. The van der Waals surface area contributed by atoms with Crippen molar-refractivity contribution in [1.82, 2.24) is 10.5 Å². The zero-order valence-electron chi connectivity index (χ0n) is 3.51. The predicted octanol–water partition coefficient (Wildman–Crippen LogP) is -1.55. The first-order valence-electron chi connectivity index (χ1n) is 1.45. The lowest BCUT2D eigenvalue weighted by molar-refractivity contribution is -0.113. The smallest absolute Gasteiger partial charge is 0.222 e. The predicted molar refractivity (Wildman–Crippen MR) is 21.2 cm³/mol. The Morgan fingerprint density at radius 2 is 2.50 bits per heavy atom. The van der Waals surface area contributed by atoms with E-state index in [-0.39, 0.29) is 0 Å². The highest BCUT2D eigenvalue weighted by Crippen LogP contribution is 1.42. The van der Waals surface area contributed by atoms with Crippen molar-refractivity contribution in [3.8, 4) is 0 Å². The van der Waals surface area contributed by atoms with E-state index in [1.54, 1.807) is 0 Å². The van der Waals surface area contributed by atoms with E-state index in [1.165, 1.54) is 7.05 Å². The van der Waals surface area contributed by atoms with Gasteiger partial charge in [-0.3, -0.25) is 16.1 Å². The molecule has 0 aromatic heterocycles. The minimum Gasteiger partial charge on any atom is -0.278 e. The Morgan fingerprint density at radius 3 is 2.50 bits per heavy atom. The first-order chi connectivity index (χ1) is 2.77. The molecule has 0 bridgehead atoms. The highest BCUT2D eigenvalue weighted by atomic mass is 16.1. The molecule has 0 radical (unpaired) electrons. The Hall–Kier alpha value is -0.610. The van der Waals surface area contributed by atoms with Gasteiger partial charge in [0.1, 0.15) is 0 Å². The van der Waals surface area contributed by atoms with Crippen molar-refractivity contribution in [3.05, 3.63) is 0 Å². The summed E-state index contributed by atoms with van der Waals surface area (Å²) in [7, 11) is 1.52. The van der Waals surface area contributed by atoms with Crippen molar-refractivity contribution < 1.29 is 4.79 Å². The molecule has 3 N–H and O–H groups in total. The lowest BCUT2D eigenvalue weighted by atomic mass is 11.3. The number of nitrogens with one attached hydrogen (secondary N) is 1. The Balaban J connectivity index is 2.81. The monoisotopic (exact) mass is 89.1 g/mol. The second kappa shape index (κ2) is 2.62. The summed E-state index contributed by atoms with van der Waals surface area (Å²) in [5.41, 5.74) is 2.14. The van der Waals surface area contributed by atoms with Gasteiger partial charge in [0.2, 0.25) is 6.41 Å². The van der Waals surface area contributed by atoms with Crippen LogP contribution in [0.25, 0.3) is 0 Å². The second-order valence-electron chi connectivity index (χ2n) is 0.858. The molecule has 0 aliphatic heterocycles. The van der Waals surface area contributed by atoms with E-state index >= 15 is 0 Å². The Labute approximate surface area is 35.9 Å². The molecule has 0 rings (SSSR count). The van der Waals surface area contributed by atoms with Crippen LogP contribution in [0.4, 0.5) is 0 Å². The molecule has 0 aromatic rings. The summed E-state index contributed by atoms with van der Waals surface area (Å²) < 4.78 is 0. The summed E-state index contributed by atoms with van der Waals surface area (Å²) in [6.45, 7) is 0. The summed E-state index contributed by atoms with van der Waals surface area (Å²) in [4.78, 5) is 9.38. The molecule has 0 aliphatic carbocycles. The van der Waals surface area contributed by atoms with Gasteiger partial charge in [0, 0.05) is 7.05 Å². The average Bonchev–Trinajstić information content (AvgIpc) is 1.35. The number of carbonyl (C=O) groups excluding carboxylic acids is 1. The minimum atomic E-state index is 0.500. The van der Waals surface area contributed by atoms with E-state index in [4.69, 9.17) is 5.84 Å². The maximum absolute atomic E-state index is 9.38. The Morgan fingerprint density at radius 1 is 2.00 bits per heavy atom. The van der Waals surface area contributed by atoms with Crippen molar-refractivity contribution >= 4 is 6.41 Å². The molecule has 0 spiro atoms. The molecule has 6 heavy (non-hydrogen) atoms. The molecule has 0 saturated carbocycles. The van der Waals surface area contributed by atoms with E-state index in [0.29, 0.717) is 6.41 Å². The van der Waals surface area contributed by atoms with Crippen LogP contribution in [0, 0.1) is 0 Å². The van der Waals surface area contributed by atoms with Crippen LogP contribution < -0.4 is 11.3 Å². The van der Waals surface area contributed by atoms with E-state index < -0.39 is 0 Å². The number of hydrazine groups is 2. The van der Waals surface area contributed by atoms with Crippen LogP contribution >= 0.6 is 0 Å². The third-order valence-corrected chi connectivity index (χ3v) is 0.256. The van der Waals surface area contributed by atoms with Crippen molar-refractivity contribution in [3.63, 3.8) is 0 Å². The zero-order chi connectivity index (χ0) is 4.99. The van der Waals surface area contributed by atoms with Crippen LogP contribution in [0.15, 0.2) is 0 Å². The summed E-state index contributed by atoms with van der Waals surface area (Å²) in [6.07, 6.45) is 0.500. The third-order valence-electron chi connectivity index (χ3n) is 0.256. The topological polar surface area (TPSA) is 58.4 Å². The molecule has 4 nitrogen and oxygen atoms in total. The number of amides is 1. The number of rotatable bonds is 2. The zero-order valence-corrected chi connectivity index (χ0v) is 3.51. The van der Waals surface area contributed by atoms with E-state index in [9.17, 15) is 4.79 Å². The summed E-state index contributed by atoms with van der Waals surface area (Å²) in [5.74, 6) is 4.89. The number of hydrogen-bond donors (Lipinski definition) is 2. The van der Waals surface area contributed by atoms with Gasteiger partial charge < -0.3 is 0 Å². The van der Waals surface area contributed by atoms with Gasteiger partial charge in [-0.15, -0.1) is 0 Å². The molecule has 0 aliphatic rings. The highest BCUT2D eigenvalue weighted by molar-refractivity contribution is 5.44. The van der Waals surface area contributed by atoms with Crippen molar-refractivity contribution in [1.29, 1.82) is 0 Å². The first-order valence-corrected chi connectivity index (χ1v) is 1.45. The van der Waals surface area contributed by atoms with Gasteiger partial charge in [-0.2, -0.15) is 5.12 Å². The number of carbonyl (C=O) groups is 1. The van der Waals surface area contributed by atoms with Crippen LogP contribution in [0.2, 0.25) is 0 Å². The summed E-state index contributed by atoms with van der Waals surface area (Å²) in [5, 5.41) is 1.06. The number of hydrogen-bond acceptors (Lipinski definition) is 3. The van der Waals surface area contributed by atoms with E-state index in [2.05, 4.69) is 5.43 Å². The molecule has 1 amide bonds. The fraction of sp³-hybridized carbons (Fsp3) is 0.500. The van der Waals surface area contributed by atoms with Crippen LogP contribution in [-0.4, -0.2) is 18.6 Å². The fourth-order valence-corrected chi connectivity index (χ4v) is 0.0831. The van der Waals surface area contributed by atoms with Crippen LogP contribution in [0.1, 0.15) is 0 Å². The van der Waals surface area contributed by atoms with Gasteiger partial charge in [-0.25, -0.2) is 0 Å². The third kappa shape index (κ3) is 3.39. The van der Waals surface area contributed by atoms with Crippen molar-refractivity contribution in [2.75, 3.05) is 7.05 Å². The molecular weight excluding hydrogens is 82.0 g/mol. The molecule has 0 saturated heterocycles. The summed E-state index contributed by atoms with van der Waals surface area (Å²) >= 11 is 0. The maximum atomic E-state index is 9.38. The Kier molecular flexibility index (Phi) is 2.35. The van der Waals surface area contributed by atoms with Crippen molar-refractivity contribution in [2.24, 2.45) is 5.84 Å². The van der Waals surface area contributed by atoms with Gasteiger partial charge in [0.15, 0.2) is 0 Å². The number of nitrogens with zero attached hydrogens (tertiary/aromatic N) is 1. The van der Waals surface area contributed by atoms with Gasteiger partial charge >= 0.3 is 0 Å². The largest absolute Gasteiger partial charge is 0.278 e. The van der Waals surface area contributed by atoms with Crippen LogP contribution in [0.3, 0.4) is 0 Å². The Bertz CT molecular complexity index is 44.1. The fourth-order valence-electron chi connectivity index (χ4n) is 0.0831. The van der Waals surface area contributed by atoms with E-state index in [1.807, 2.05) is 0 Å². The molecule has 0 aromatic carbocycles. The second-order valence-corrected chi connectivity index (χ2v) is 0.858. The molecule has 0 atom stereocenters. The minimum absolute atomic E-state index is 0.500. The van der Waals surface area contributed by atoms with Crippen LogP contribution in [0.5, 0.6) is 0 Å².